The summed E-state index contributed by atoms with van der Waals surface area (Å²) in [5.74, 6) is 0.548. The molecule has 0 bridgehead atoms. The molecule has 1 fully saturated rings. The van der Waals surface area contributed by atoms with Gasteiger partial charge in [0, 0.05) is 27.2 Å². The fourth-order valence-electron chi connectivity index (χ4n) is 2.00. The lowest BCUT2D eigenvalue weighted by molar-refractivity contribution is 0.0821. The summed E-state index contributed by atoms with van der Waals surface area (Å²) in [5.41, 5.74) is 0.356. The first kappa shape index (κ1) is 13.7. The van der Waals surface area contributed by atoms with Gasteiger partial charge < -0.3 is 15.0 Å². The van der Waals surface area contributed by atoms with Gasteiger partial charge in [0.2, 0.25) is 0 Å². The highest BCUT2D eigenvalue weighted by Gasteiger charge is 2.15. The lowest BCUT2D eigenvalue weighted by Crippen LogP contribution is -2.23. The van der Waals surface area contributed by atoms with Crippen molar-refractivity contribution in [2.75, 3.05) is 32.6 Å². The minimum Gasteiger partial charge on any atom is -0.378 e. The first-order valence-corrected chi connectivity index (χ1v) is 6.57. The van der Waals surface area contributed by atoms with Crippen LogP contribution in [0.25, 0.3) is 0 Å². The summed E-state index contributed by atoms with van der Waals surface area (Å²) < 4.78 is 5.54. The summed E-state index contributed by atoms with van der Waals surface area (Å²) in [5, 5.41) is 11.1. The standard InChI is InChI=1S/C13H20N4O2/c1-17(2)13(18)11-5-6-12(16-15-11)14-8-7-10-4-3-9-19-10/h5-6,10H,3-4,7-9H2,1-2H3,(H,14,16). The summed E-state index contributed by atoms with van der Waals surface area (Å²) in [6, 6.07) is 3.46. The van der Waals surface area contributed by atoms with Crippen molar-refractivity contribution in [3.8, 4) is 0 Å². The van der Waals surface area contributed by atoms with Crippen molar-refractivity contribution in [2.24, 2.45) is 0 Å². The molecule has 0 spiro atoms. The number of amides is 1. The van der Waals surface area contributed by atoms with Gasteiger partial charge in [-0.15, -0.1) is 10.2 Å². The van der Waals surface area contributed by atoms with Crippen LogP contribution >= 0.6 is 0 Å². The number of aromatic nitrogens is 2. The third-order valence-electron chi connectivity index (χ3n) is 3.09. The molecular weight excluding hydrogens is 244 g/mol. The maximum absolute atomic E-state index is 11.6. The van der Waals surface area contributed by atoms with Gasteiger partial charge in [0.15, 0.2) is 5.69 Å². The third-order valence-corrected chi connectivity index (χ3v) is 3.09. The molecule has 1 aliphatic heterocycles. The quantitative estimate of drug-likeness (QED) is 0.864. The van der Waals surface area contributed by atoms with E-state index in [0.717, 1.165) is 32.4 Å². The van der Waals surface area contributed by atoms with E-state index in [4.69, 9.17) is 4.74 Å². The van der Waals surface area contributed by atoms with E-state index in [2.05, 4.69) is 15.5 Å². The van der Waals surface area contributed by atoms with Crippen molar-refractivity contribution in [3.05, 3.63) is 17.8 Å². The fourth-order valence-corrected chi connectivity index (χ4v) is 2.00. The monoisotopic (exact) mass is 264 g/mol. The zero-order valence-electron chi connectivity index (χ0n) is 11.4. The molecule has 0 aromatic carbocycles. The Balaban J connectivity index is 1.79. The fraction of sp³-hybridized carbons (Fsp3) is 0.615. The van der Waals surface area contributed by atoms with E-state index in [1.165, 1.54) is 4.90 Å². The molecular formula is C13H20N4O2. The molecule has 1 aliphatic rings. The van der Waals surface area contributed by atoms with Crippen molar-refractivity contribution in [1.29, 1.82) is 0 Å². The molecule has 0 saturated carbocycles. The van der Waals surface area contributed by atoms with Gasteiger partial charge in [0.05, 0.1) is 6.10 Å². The van der Waals surface area contributed by atoms with Crippen molar-refractivity contribution < 1.29 is 9.53 Å². The summed E-state index contributed by atoms with van der Waals surface area (Å²) >= 11 is 0. The van der Waals surface area contributed by atoms with Crippen LogP contribution in [-0.4, -0.2) is 54.4 Å². The van der Waals surface area contributed by atoms with Gasteiger partial charge in [-0.1, -0.05) is 0 Å². The van der Waals surface area contributed by atoms with Gasteiger partial charge in [0.25, 0.3) is 5.91 Å². The van der Waals surface area contributed by atoms with Crippen LogP contribution in [0.15, 0.2) is 12.1 Å². The molecule has 6 nitrogen and oxygen atoms in total. The molecule has 1 aromatic rings. The predicted molar refractivity (Wildman–Crippen MR) is 72.1 cm³/mol. The molecule has 0 radical (unpaired) electrons. The van der Waals surface area contributed by atoms with Crippen LogP contribution in [0.1, 0.15) is 29.8 Å². The minimum absolute atomic E-state index is 0.140. The number of ether oxygens (including phenoxy) is 1. The molecule has 1 saturated heterocycles. The number of carbonyl (C=O) groups excluding carboxylic acids is 1. The number of hydrogen-bond donors (Lipinski definition) is 1. The highest BCUT2D eigenvalue weighted by Crippen LogP contribution is 2.15. The summed E-state index contributed by atoms with van der Waals surface area (Å²) in [6.45, 7) is 1.69. The Bertz CT molecular complexity index is 413. The number of nitrogens with zero attached hydrogens (tertiary/aromatic N) is 3. The minimum atomic E-state index is -0.140. The lowest BCUT2D eigenvalue weighted by Gasteiger charge is -2.11. The molecule has 0 aliphatic carbocycles. The number of anilines is 1. The first-order valence-electron chi connectivity index (χ1n) is 6.57. The van der Waals surface area contributed by atoms with Gasteiger partial charge in [-0.05, 0) is 31.4 Å². The second-order valence-corrected chi connectivity index (χ2v) is 4.85. The second-order valence-electron chi connectivity index (χ2n) is 4.85. The van der Waals surface area contributed by atoms with E-state index < -0.39 is 0 Å². The highest BCUT2D eigenvalue weighted by molar-refractivity contribution is 5.91. The van der Waals surface area contributed by atoms with Gasteiger partial charge in [-0.2, -0.15) is 0 Å². The van der Waals surface area contributed by atoms with E-state index in [0.29, 0.717) is 17.6 Å². The van der Waals surface area contributed by atoms with Crippen LogP contribution in [0, 0.1) is 0 Å². The zero-order valence-corrected chi connectivity index (χ0v) is 11.4. The van der Waals surface area contributed by atoms with E-state index in [-0.39, 0.29) is 5.91 Å². The molecule has 1 atom stereocenters. The third kappa shape index (κ3) is 3.89. The topological polar surface area (TPSA) is 67.4 Å². The van der Waals surface area contributed by atoms with Gasteiger partial charge in [-0.25, -0.2) is 0 Å². The Labute approximate surface area is 113 Å². The van der Waals surface area contributed by atoms with Crippen LogP contribution in [-0.2, 0) is 4.74 Å². The average Bonchev–Trinajstić information content (AvgIpc) is 2.92. The molecule has 104 valence electrons. The number of rotatable bonds is 5. The molecule has 1 unspecified atom stereocenters. The Morgan fingerprint density at radius 2 is 2.32 bits per heavy atom. The first-order chi connectivity index (χ1) is 9.16. The van der Waals surface area contributed by atoms with E-state index in [9.17, 15) is 4.79 Å². The molecule has 2 heterocycles. The maximum atomic E-state index is 11.6. The van der Waals surface area contributed by atoms with Crippen molar-refractivity contribution in [1.82, 2.24) is 15.1 Å². The number of carbonyl (C=O) groups is 1. The normalized spacial score (nSPS) is 18.3. The lowest BCUT2D eigenvalue weighted by atomic mass is 10.2. The molecule has 6 heteroatoms. The van der Waals surface area contributed by atoms with Crippen LogP contribution in [0.4, 0.5) is 5.82 Å². The summed E-state index contributed by atoms with van der Waals surface area (Å²) in [6.07, 6.45) is 3.64. The average molecular weight is 264 g/mol. The van der Waals surface area contributed by atoms with E-state index >= 15 is 0 Å². The molecule has 1 N–H and O–H groups in total. The van der Waals surface area contributed by atoms with Crippen molar-refractivity contribution in [2.45, 2.75) is 25.4 Å². The van der Waals surface area contributed by atoms with Crippen LogP contribution in [0.3, 0.4) is 0 Å². The maximum Gasteiger partial charge on any atom is 0.273 e. The Morgan fingerprint density at radius 1 is 1.47 bits per heavy atom. The molecule has 19 heavy (non-hydrogen) atoms. The van der Waals surface area contributed by atoms with Crippen LogP contribution in [0.5, 0.6) is 0 Å². The van der Waals surface area contributed by atoms with Crippen LogP contribution in [0.2, 0.25) is 0 Å². The van der Waals surface area contributed by atoms with Crippen molar-refractivity contribution in [3.63, 3.8) is 0 Å². The number of nitrogens with one attached hydrogen (secondary N) is 1. The summed E-state index contributed by atoms with van der Waals surface area (Å²) in [7, 11) is 3.38. The van der Waals surface area contributed by atoms with E-state index in [1.54, 1.807) is 26.2 Å². The predicted octanol–water partition coefficient (Wildman–Crippen LogP) is 1.16. The van der Waals surface area contributed by atoms with E-state index in [1.807, 2.05) is 0 Å². The largest absolute Gasteiger partial charge is 0.378 e. The zero-order chi connectivity index (χ0) is 13.7. The van der Waals surface area contributed by atoms with Gasteiger partial charge in [-0.3, -0.25) is 4.79 Å². The molecule has 2 rings (SSSR count). The Kier molecular flexibility index (Phi) is 4.68. The Morgan fingerprint density at radius 3 is 2.89 bits per heavy atom. The highest BCUT2D eigenvalue weighted by atomic mass is 16.5. The van der Waals surface area contributed by atoms with Crippen LogP contribution < -0.4 is 5.32 Å². The number of hydrogen-bond acceptors (Lipinski definition) is 5. The Hall–Kier alpha value is -1.69. The molecule has 1 aromatic heterocycles. The smallest absolute Gasteiger partial charge is 0.273 e. The van der Waals surface area contributed by atoms with Crippen molar-refractivity contribution >= 4 is 11.7 Å². The summed E-state index contributed by atoms with van der Waals surface area (Å²) in [4.78, 5) is 13.1. The molecule has 1 amide bonds. The van der Waals surface area contributed by atoms with Gasteiger partial charge >= 0.3 is 0 Å². The SMILES string of the molecule is CN(C)C(=O)c1ccc(NCCC2CCCO2)nn1. The van der Waals surface area contributed by atoms with Gasteiger partial charge in [0.1, 0.15) is 5.82 Å². The second kappa shape index (κ2) is 6.47.